The summed E-state index contributed by atoms with van der Waals surface area (Å²) in [6, 6.07) is 3.09. The van der Waals surface area contributed by atoms with Crippen molar-refractivity contribution in [3.63, 3.8) is 0 Å². The molecule has 3 aromatic heterocycles. The average molecular weight is 329 g/mol. The smallest absolute Gasteiger partial charge is 0.273 e. The Kier molecular flexibility index (Phi) is 3.45. The van der Waals surface area contributed by atoms with Gasteiger partial charge in [0.2, 0.25) is 0 Å². The third-order valence-corrected chi connectivity index (χ3v) is 4.74. The van der Waals surface area contributed by atoms with Crippen LogP contribution in [0.1, 0.15) is 41.5 Å². The molecule has 0 aromatic carbocycles. The van der Waals surface area contributed by atoms with E-state index in [0.29, 0.717) is 23.6 Å². The average Bonchev–Trinajstić information content (AvgIpc) is 3.25. The minimum atomic E-state index is -0.175. The number of nitrogens with one attached hydrogen (secondary N) is 1. The van der Waals surface area contributed by atoms with Gasteiger partial charge in [-0.15, -0.1) is 11.3 Å². The molecule has 0 unspecified atom stereocenters. The fraction of sp³-hybridized carbons (Fsp3) is 0.333. The number of hydrogen-bond donors (Lipinski definition) is 1. The quantitative estimate of drug-likeness (QED) is 0.778. The second kappa shape index (κ2) is 5.62. The van der Waals surface area contributed by atoms with Crippen molar-refractivity contribution in [2.24, 2.45) is 0 Å². The number of nitrogens with zero attached hydrogens (tertiary/aromatic N) is 4. The summed E-state index contributed by atoms with van der Waals surface area (Å²) >= 11 is 1.40. The van der Waals surface area contributed by atoms with Crippen molar-refractivity contribution in [2.45, 2.75) is 25.3 Å². The van der Waals surface area contributed by atoms with E-state index in [-0.39, 0.29) is 17.5 Å². The van der Waals surface area contributed by atoms with E-state index in [2.05, 4.69) is 15.1 Å². The molecule has 118 valence electrons. The Bertz CT molecular complexity index is 898. The van der Waals surface area contributed by atoms with E-state index in [0.717, 1.165) is 19.3 Å². The van der Waals surface area contributed by atoms with E-state index in [4.69, 9.17) is 0 Å². The third kappa shape index (κ3) is 2.44. The zero-order chi connectivity index (χ0) is 15.8. The highest BCUT2D eigenvalue weighted by atomic mass is 32.1. The molecule has 1 N–H and O–H groups in total. The lowest BCUT2D eigenvalue weighted by Crippen LogP contribution is -2.39. The number of thiazole rings is 1. The van der Waals surface area contributed by atoms with Gasteiger partial charge in [-0.3, -0.25) is 14.7 Å². The first-order valence-corrected chi connectivity index (χ1v) is 8.44. The van der Waals surface area contributed by atoms with Crippen LogP contribution >= 0.6 is 11.3 Å². The molecule has 4 heterocycles. The van der Waals surface area contributed by atoms with Gasteiger partial charge in [-0.25, -0.2) is 14.5 Å². The van der Waals surface area contributed by atoms with Gasteiger partial charge in [0.25, 0.3) is 11.5 Å². The maximum absolute atomic E-state index is 12.7. The molecule has 7 nitrogen and oxygen atoms in total. The van der Waals surface area contributed by atoms with Crippen LogP contribution in [0.15, 0.2) is 34.0 Å². The van der Waals surface area contributed by atoms with Crippen molar-refractivity contribution in [1.29, 1.82) is 0 Å². The lowest BCUT2D eigenvalue weighted by Gasteiger charge is -2.34. The summed E-state index contributed by atoms with van der Waals surface area (Å²) in [5.41, 5.74) is 3.17. The molecule has 0 spiro atoms. The number of hydrogen-bond acceptors (Lipinski definition) is 5. The monoisotopic (exact) mass is 329 g/mol. The van der Waals surface area contributed by atoms with Crippen LogP contribution < -0.4 is 5.56 Å². The second-order valence-electron chi connectivity index (χ2n) is 5.56. The Morgan fingerprint density at radius 3 is 3.13 bits per heavy atom. The van der Waals surface area contributed by atoms with E-state index in [9.17, 15) is 9.59 Å². The number of fused-ring (bicyclic) bond motifs is 1. The molecule has 0 aliphatic carbocycles. The molecule has 1 amide bonds. The third-order valence-electron chi connectivity index (χ3n) is 4.16. The van der Waals surface area contributed by atoms with Gasteiger partial charge in [0.15, 0.2) is 5.65 Å². The fourth-order valence-corrected chi connectivity index (χ4v) is 3.59. The highest BCUT2D eigenvalue weighted by Gasteiger charge is 2.31. The van der Waals surface area contributed by atoms with Crippen molar-refractivity contribution in [2.75, 3.05) is 6.54 Å². The Morgan fingerprint density at radius 2 is 2.30 bits per heavy atom. The Labute approximate surface area is 135 Å². The molecule has 1 atom stereocenters. The van der Waals surface area contributed by atoms with Crippen LogP contribution in [-0.2, 0) is 0 Å². The Hall–Kier alpha value is -2.48. The summed E-state index contributed by atoms with van der Waals surface area (Å²) in [6.45, 7) is 0.662. The standard InChI is InChI=1S/C15H15N5O2S/c21-14-7-10(18-13-4-5-17-20(13)14)12-3-1-2-6-19(12)15(22)11-8-23-9-16-11/h4-5,7-9,12,17H,1-3,6H2/t12-/m1/s1. The van der Waals surface area contributed by atoms with Crippen LogP contribution in [0.5, 0.6) is 0 Å². The number of carbonyl (C=O) groups is 1. The largest absolute Gasteiger partial charge is 0.329 e. The van der Waals surface area contributed by atoms with Crippen molar-refractivity contribution >= 4 is 22.9 Å². The first-order valence-electron chi connectivity index (χ1n) is 7.50. The number of H-pyrrole nitrogens is 1. The number of aromatic nitrogens is 4. The molecule has 0 saturated carbocycles. The molecular weight excluding hydrogens is 314 g/mol. The lowest BCUT2D eigenvalue weighted by atomic mass is 9.98. The predicted molar refractivity (Wildman–Crippen MR) is 85.6 cm³/mol. The van der Waals surface area contributed by atoms with Crippen LogP contribution in [0, 0.1) is 0 Å². The van der Waals surface area contributed by atoms with Gasteiger partial charge in [0.05, 0.1) is 17.2 Å². The number of rotatable bonds is 2. The summed E-state index contributed by atoms with van der Waals surface area (Å²) in [7, 11) is 0. The number of amides is 1. The highest BCUT2D eigenvalue weighted by Crippen LogP contribution is 2.30. The molecule has 0 radical (unpaired) electrons. The summed E-state index contributed by atoms with van der Waals surface area (Å²) in [6.07, 6.45) is 4.45. The zero-order valence-electron chi connectivity index (χ0n) is 12.3. The Morgan fingerprint density at radius 1 is 1.39 bits per heavy atom. The van der Waals surface area contributed by atoms with Crippen LogP contribution in [0.4, 0.5) is 0 Å². The molecule has 3 aromatic rings. The van der Waals surface area contributed by atoms with Gasteiger partial charge in [0, 0.05) is 30.3 Å². The second-order valence-corrected chi connectivity index (χ2v) is 6.28. The molecule has 0 bridgehead atoms. The maximum Gasteiger partial charge on any atom is 0.273 e. The van der Waals surface area contributed by atoms with Crippen LogP contribution in [-0.4, -0.2) is 36.9 Å². The molecule has 1 aliphatic heterocycles. The summed E-state index contributed by atoms with van der Waals surface area (Å²) in [5.74, 6) is -0.0907. The highest BCUT2D eigenvalue weighted by molar-refractivity contribution is 7.07. The molecule has 1 fully saturated rings. The van der Waals surface area contributed by atoms with Crippen LogP contribution in [0.2, 0.25) is 0 Å². The SMILES string of the molecule is O=C(c1cscn1)N1CCCC[C@@H]1c1cc(=O)n2[nH]ccc2n1. The minimum Gasteiger partial charge on any atom is -0.329 e. The number of likely N-dealkylation sites (tertiary alicyclic amines) is 1. The van der Waals surface area contributed by atoms with E-state index in [1.807, 2.05) is 0 Å². The van der Waals surface area contributed by atoms with Crippen molar-refractivity contribution in [3.8, 4) is 0 Å². The Balaban J connectivity index is 1.74. The van der Waals surface area contributed by atoms with Gasteiger partial charge in [-0.2, -0.15) is 0 Å². The topological polar surface area (TPSA) is 83.4 Å². The van der Waals surface area contributed by atoms with Crippen LogP contribution in [0.25, 0.3) is 5.65 Å². The van der Waals surface area contributed by atoms with Crippen molar-refractivity contribution < 1.29 is 4.79 Å². The molecule has 1 aliphatic rings. The zero-order valence-corrected chi connectivity index (χ0v) is 13.1. The van der Waals surface area contributed by atoms with E-state index in [1.165, 1.54) is 21.9 Å². The predicted octanol–water partition coefficient (Wildman–Crippen LogP) is 1.85. The van der Waals surface area contributed by atoms with E-state index in [1.54, 1.807) is 28.1 Å². The van der Waals surface area contributed by atoms with Gasteiger partial charge in [-0.1, -0.05) is 0 Å². The minimum absolute atomic E-state index is 0.0907. The first kappa shape index (κ1) is 14.1. The summed E-state index contributed by atoms with van der Waals surface area (Å²) in [5, 5.41) is 4.58. The summed E-state index contributed by atoms with van der Waals surface area (Å²) < 4.78 is 1.39. The molecular formula is C15H15N5O2S. The van der Waals surface area contributed by atoms with E-state index >= 15 is 0 Å². The molecule has 4 rings (SSSR count). The molecule has 23 heavy (non-hydrogen) atoms. The van der Waals surface area contributed by atoms with Gasteiger partial charge >= 0.3 is 0 Å². The molecule has 1 saturated heterocycles. The number of aromatic amines is 1. The lowest BCUT2D eigenvalue weighted by molar-refractivity contribution is 0.0600. The van der Waals surface area contributed by atoms with Gasteiger partial charge in [0.1, 0.15) is 5.69 Å². The number of piperidine rings is 1. The molecule has 8 heteroatoms. The van der Waals surface area contributed by atoms with Crippen molar-refractivity contribution in [1.82, 2.24) is 24.5 Å². The van der Waals surface area contributed by atoms with E-state index < -0.39 is 0 Å². The first-order chi connectivity index (χ1) is 11.2. The van der Waals surface area contributed by atoms with Gasteiger partial charge in [-0.05, 0) is 19.3 Å². The summed E-state index contributed by atoms with van der Waals surface area (Å²) in [4.78, 5) is 35.3. The van der Waals surface area contributed by atoms with Crippen LogP contribution in [0.3, 0.4) is 0 Å². The fourth-order valence-electron chi connectivity index (χ4n) is 3.06. The van der Waals surface area contributed by atoms with Gasteiger partial charge < -0.3 is 4.90 Å². The number of carbonyl (C=O) groups excluding carboxylic acids is 1. The normalized spacial score (nSPS) is 18.4. The van der Waals surface area contributed by atoms with Crippen molar-refractivity contribution in [3.05, 3.63) is 51.0 Å². The maximum atomic E-state index is 12.7.